The Labute approximate surface area is 107 Å². The largest absolute Gasteiger partial charge is 0.480 e. The van der Waals surface area contributed by atoms with Crippen LogP contribution in [0.2, 0.25) is 0 Å². The average Bonchev–Trinajstić information content (AvgIpc) is 2.53. The third kappa shape index (κ3) is 4.26. The second-order valence-electron chi connectivity index (χ2n) is 4.39. The van der Waals surface area contributed by atoms with Crippen molar-refractivity contribution in [3.8, 4) is 12.3 Å². The quantitative estimate of drug-likeness (QED) is 0.684. The number of urea groups is 1. The van der Waals surface area contributed by atoms with E-state index in [1.165, 1.54) is 0 Å². The number of carbonyl (C=O) groups excluding carboxylic acids is 1. The molecule has 0 bridgehead atoms. The monoisotopic (exact) mass is 253 g/mol. The van der Waals surface area contributed by atoms with Gasteiger partial charge >= 0.3 is 12.0 Å². The van der Waals surface area contributed by atoms with Crippen molar-refractivity contribution < 1.29 is 14.7 Å². The zero-order valence-corrected chi connectivity index (χ0v) is 10.6. The lowest BCUT2D eigenvalue weighted by Gasteiger charge is -2.23. The number of hydrogen-bond acceptors (Lipinski definition) is 3. The van der Waals surface area contributed by atoms with Gasteiger partial charge in [0, 0.05) is 26.1 Å². The summed E-state index contributed by atoms with van der Waals surface area (Å²) in [5, 5.41) is 11.4. The van der Waals surface area contributed by atoms with Crippen molar-refractivity contribution in [2.75, 3.05) is 33.2 Å². The van der Waals surface area contributed by atoms with Crippen molar-refractivity contribution in [3.63, 3.8) is 0 Å². The zero-order valence-electron chi connectivity index (χ0n) is 10.6. The Morgan fingerprint density at radius 3 is 2.72 bits per heavy atom. The molecule has 1 aliphatic rings. The van der Waals surface area contributed by atoms with Crippen LogP contribution in [0.3, 0.4) is 0 Å². The van der Waals surface area contributed by atoms with Crippen molar-refractivity contribution in [2.24, 2.45) is 0 Å². The summed E-state index contributed by atoms with van der Waals surface area (Å²) in [6.45, 7) is 2.97. The molecule has 6 nitrogen and oxygen atoms in total. The number of terminal acetylenes is 1. The molecular formula is C12H19N3O3. The maximum absolute atomic E-state index is 11.9. The van der Waals surface area contributed by atoms with Crippen LogP contribution in [0.5, 0.6) is 0 Å². The third-order valence-electron chi connectivity index (χ3n) is 2.92. The third-order valence-corrected chi connectivity index (χ3v) is 2.92. The molecule has 0 radical (unpaired) electrons. The number of carbonyl (C=O) groups is 2. The maximum atomic E-state index is 11.9. The second-order valence-corrected chi connectivity index (χ2v) is 4.39. The van der Waals surface area contributed by atoms with Gasteiger partial charge < -0.3 is 20.2 Å². The van der Waals surface area contributed by atoms with E-state index in [4.69, 9.17) is 11.5 Å². The molecule has 1 saturated heterocycles. The molecule has 0 spiro atoms. The topological polar surface area (TPSA) is 72.9 Å². The van der Waals surface area contributed by atoms with Gasteiger partial charge in [-0.05, 0) is 20.0 Å². The van der Waals surface area contributed by atoms with Crippen molar-refractivity contribution >= 4 is 12.0 Å². The minimum absolute atomic E-state index is 0.00514. The number of aliphatic carboxylic acids is 1. The number of amides is 2. The van der Waals surface area contributed by atoms with E-state index < -0.39 is 12.0 Å². The molecule has 0 aliphatic carbocycles. The lowest BCUT2D eigenvalue weighted by Crippen LogP contribution is -2.48. The van der Waals surface area contributed by atoms with Crippen molar-refractivity contribution in [3.05, 3.63) is 0 Å². The highest BCUT2D eigenvalue weighted by Crippen LogP contribution is 2.02. The van der Waals surface area contributed by atoms with E-state index in [0.29, 0.717) is 13.1 Å². The fraction of sp³-hybridized carbons (Fsp3) is 0.667. The van der Waals surface area contributed by atoms with Crippen LogP contribution in [0.1, 0.15) is 12.8 Å². The van der Waals surface area contributed by atoms with Crippen molar-refractivity contribution in [1.82, 2.24) is 15.1 Å². The van der Waals surface area contributed by atoms with E-state index in [2.05, 4.69) is 16.1 Å². The number of likely N-dealkylation sites (N-methyl/N-ethyl adjacent to an activating group) is 1. The molecule has 2 amide bonds. The van der Waals surface area contributed by atoms with E-state index in [1.54, 1.807) is 4.90 Å². The molecule has 1 heterocycles. The van der Waals surface area contributed by atoms with Gasteiger partial charge in [0.15, 0.2) is 0 Å². The van der Waals surface area contributed by atoms with Crippen molar-refractivity contribution in [1.29, 1.82) is 0 Å². The first-order valence-electron chi connectivity index (χ1n) is 5.95. The molecule has 0 aromatic rings. The van der Waals surface area contributed by atoms with E-state index in [0.717, 1.165) is 19.5 Å². The van der Waals surface area contributed by atoms with Gasteiger partial charge in [-0.3, -0.25) is 0 Å². The molecule has 100 valence electrons. The summed E-state index contributed by atoms with van der Waals surface area (Å²) in [6, 6.07) is -1.36. The molecule has 1 unspecified atom stereocenters. The average molecular weight is 253 g/mol. The SMILES string of the molecule is C#CCC(NC(=O)N1CCCN(C)CC1)C(=O)O. The van der Waals surface area contributed by atoms with Crippen LogP contribution in [0, 0.1) is 12.3 Å². The fourth-order valence-electron chi connectivity index (χ4n) is 1.81. The lowest BCUT2D eigenvalue weighted by atomic mass is 10.2. The first kappa shape index (κ1) is 14.3. The predicted octanol–water partition coefficient (Wildman–Crippen LogP) is -0.190. The molecule has 6 heteroatoms. The van der Waals surface area contributed by atoms with Gasteiger partial charge in [-0.25, -0.2) is 9.59 Å². The molecule has 0 saturated carbocycles. The maximum Gasteiger partial charge on any atom is 0.327 e. The smallest absolute Gasteiger partial charge is 0.327 e. The Bertz CT molecular complexity index is 351. The van der Waals surface area contributed by atoms with Gasteiger partial charge in [0.1, 0.15) is 6.04 Å². The van der Waals surface area contributed by atoms with Crippen molar-refractivity contribution in [2.45, 2.75) is 18.9 Å². The van der Waals surface area contributed by atoms with Crippen LogP contribution in [0.25, 0.3) is 0 Å². The highest BCUT2D eigenvalue weighted by atomic mass is 16.4. The first-order valence-corrected chi connectivity index (χ1v) is 5.95. The zero-order chi connectivity index (χ0) is 13.5. The molecule has 1 atom stereocenters. The molecular weight excluding hydrogens is 234 g/mol. The van der Waals surface area contributed by atoms with E-state index >= 15 is 0 Å². The van der Waals surface area contributed by atoms with Crippen LogP contribution in [-0.2, 0) is 4.79 Å². The van der Waals surface area contributed by atoms with Crippen LogP contribution >= 0.6 is 0 Å². The molecule has 1 rings (SSSR count). The Morgan fingerprint density at radius 2 is 2.11 bits per heavy atom. The summed E-state index contributed by atoms with van der Waals surface area (Å²) in [7, 11) is 2.00. The van der Waals surface area contributed by atoms with Gasteiger partial charge in [0.2, 0.25) is 0 Å². The molecule has 18 heavy (non-hydrogen) atoms. The number of nitrogens with one attached hydrogen (secondary N) is 1. The lowest BCUT2D eigenvalue weighted by molar-refractivity contribution is -0.139. The molecule has 1 aliphatic heterocycles. The van der Waals surface area contributed by atoms with Crippen LogP contribution in [0.15, 0.2) is 0 Å². The molecule has 0 aromatic heterocycles. The Morgan fingerprint density at radius 1 is 1.39 bits per heavy atom. The van der Waals surface area contributed by atoms with E-state index in [-0.39, 0.29) is 12.5 Å². The number of carboxylic acids is 1. The van der Waals surface area contributed by atoms with Gasteiger partial charge in [-0.2, -0.15) is 0 Å². The normalized spacial score (nSPS) is 18.6. The summed E-state index contributed by atoms with van der Waals surface area (Å²) in [5.41, 5.74) is 0. The summed E-state index contributed by atoms with van der Waals surface area (Å²) in [4.78, 5) is 26.6. The van der Waals surface area contributed by atoms with Gasteiger partial charge in [0.25, 0.3) is 0 Å². The minimum atomic E-state index is -1.10. The second kappa shape index (κ2) is 6.87. The van der Waals surface area contributed by atoms with Crippen LogP contribution in [0.4, 0.5) is 4.79 Å². The number of rotatable bonds is 3. The molecule has 2 N–H and O–H groups in total. The molecule has 0 aromatic carbocycles. The number of hydrogen-bond donors (Lipinski definition) is 2. The van der Waals surface area contributed by atoms with Gasteiger partial charge in [0.05, 0.1) is 0 Å². The number of carboxylic acid groups (broad SMARTS) is 1. The van der Waals surface area contributed by atoms with E-state index in [1.807, 2.05) is 7.05 Å². The highest BCUT2D eigenvalue weighted by molar-refractivity contribution is 5.82. The summed E-state index contributed by atoms with van der Waals surface area (Å²) in [6.07, 6.45) is 5.96. The summed E-state index contributed by atoms with van der Waals surface area (Å²) < 4.78 is 0. The van der Waals surface area contributed by atoms with Gasteiger partial charge in [-0.15, -0.1) is 12.3 Å². The van der Waals surface area contributed by atoms with Crippen LogP contribution in [-0.4, -0.2) is 66.2 Å². The highest BCUT2D eigenvalue weighted by Gasteiger charge is 2.23. The minimum Gasteiger partial charge on any atom is -0.480 e. The Kier molecular flexibility index (Phi) is 5.46. The number of nitrogens with zero attached hydrogens (tertiary/aromatic N) is 2. The van der Waals surface area contributed by atoms with Crippen LogP contribution < -0.4 is 5.32 Å². The first-order chi connectivity index (χ1) is 8.54. The fourth-order valence-corrected chi connectivity index (χ4v) is 1.81. The summed E-state index contributed by atoms with van der Waals surface area (Å²) in [5.74, 6) is 1.15. The Balaban J connectivity index is 2.53. The Hall–Kier alpha value is -1.74. The molecule has 1 fully saturated rings. The van der Waals surface area contributed by atoms with Gasteiger partial charge in [-0.1, -0.05) is 0 Å². The predicted molar refractivity (Wildman–Crippen MR) is 67.1 cm³/mol. The summed E-state index contributed by atoms with van der Waals surface area (Å²) >= 11 is 0. The van der Waals surface area contributed by atoms with E-state index in [9.17, 15) is 9.59 Å². The standard InChI is InChI=1S/C12H19N3O3/c1-3-5-10(11(16)17)13-12(18)15-7-4-6-14(2)8-9-15/h1,10H,4-9H2,2H3,(H,13,18)(H,16,17).